The smallest absolute Gasteiger partial charge is 0.558 e. The van der Waals surface area contributed by atoms with Crippen molar-refractivity contribution in [3.05, 3.63) is 91.0 Å². The summed E-state index contributed by atoms with van der Waals surface area (Å²) in [5.74, 6) is 1.04. The predicted molar refractivity (Wildman–Crippen MR) is 104 cm³/mol. The SMILES string of the molecule is O=[P+]([O-])Oc1ccccc1.O=[P+]([O-])Oc1ccccc1.O=[P+]([O-])Oc1ccccc1.[Fe+3]. The van der Waals surface area contributed by atoms with Crippen molar-refractivity contribution in [2.45, 2.75) is 0 Å². The molecular weight excluding hydrogens is 509 g/mol. The molecule has 13 heteroatoms. The summed E-state index contributed by atoms with van der Waals surface area (Å²) in [6.45, 7) is 0. The van der Waals surface area contributed by atoms with E-state index in [-0.39, 0.29) is 17.1 Å². The summed E-state index contributed by atoms with van der Waals surface area (Å²) in [6, 6.07) is 25.0. The van der Waals surface area contributed by atoms with E-state index in [9.17, 15) is 28.4 Å². The molecule has 3 aromatic rings. The van der Waals surface area contributed by atoms with E-state index in [4.69, 9.17) is 0 Å². The van der Waals surface area contributed by atoms with Gasteiger partial charge in [0, 0.05) is 0 Å². The summed E-state index contributed by atoms with van der Waals surface area (Å²) in [5.41, 5.74) is 0. The molecule has 0 spiro atoms. The van der Waals surface area contributed by atoms with Crippen LogP contribution in [0.5, 0.6) is 17.2 Å². The molecule has 0 aliphatic rings. The Morgan fingerprint density at radius 1 is 0.452 bits per heavy atom. The van der Waals surface area contributed by atoms with Gasteiger partial charge in [-0.1, -0.05) is 54.6 Å². The van der Waals surface area contributed by atoms with Gasteiger partial charge in [0.1, 0.15) is 0 Å². The first-order chi connectivity index (χ1) is 14.4. The van der Waals surface area contributed by atoms with Crippen molar-refractivity contribution in [3.8, 4) is 17.2 Å². The minimum absolute atomic E-state index is 0. The molecule has 0 saturated carbocycles. The van der Waals surface area contributed by atoms with Crippen LogP contribution in [0.1, 0.15) is 0 Å². The standard InChI is InChI=1S/3C6H5O3P.Fe/c3*7-10(8)9-6-4-2-1-3-5-6;/h3*1-5H;/q;;;+3. The fraction of sp³-hybridized carbons (Fsp3) is 0. The van der Waals surface area contributed by atoms with E-state index in [2.05, 4.69) is 13.6 Å². The maximum absolute atomic E-state index is 9.98. The second-order valence-corrected chi connectivity index (χ2v) is 6.77. The van der Waals surface area contributed by atoms with Crippen molar-refractivity contribution < 1.29 is 59.0 Å². The Hall–Kier alpha value is -2.24. The van der Waals surface area contributed by atoms with Crippen molar-refractivity contribution in [2.24, 2.45) is 0 Å². The molecule has 0 amide bonds. The largest absolute Gasteiger partial charge is 3.00 e. The topological polar surface area (TPSA) is 148 Å². The van der Waals surface area contributed by atoms with Crippen molar-refractivity contribution in [3.63, 3.8) is 0 Å². The van der Waals surface area contributed by atoms with E-state index in [0.717, 1.165) is 0 Å². The average Bonchev–Trinajstić information content (AvgIpc) is 2.70. The van der Waals surface area contributed by atoms with Gasteiger partial charge in [-0.05, 0) is 50.1 Å². The van der Waals surface area contributed by atoms with Gasteiger partial charge in [0.05, 0.1) is 0 Å². The van der Waals surface area contributed by atoms with E-state index >= 15 is 0 Å². The minimum atomic E-state index is -2.78. The Morgan fingerprint density at radius 3 is 0.806 bits per heavy atom. The number of benzene rings is 3. The summed E-state index contributed by atoms with van der Waals surface area (Å²) in [7, 11) is -8.33. The van der Waals surface area contributed by atoms with Crippen molar-refractivity contribution in [1.82, 2.24) is 0 Å². The van der Waals surface area contributed by atoms with Crippen molar-refractivity contribution in [1.29, 1.82) is 0 Å². The third kappa shape index (κ3) is 16.2. The van der Waals surface area contributed by atoms with Gasteiger partial charge in [-0.25, -0.2) is 0 Å². The summed E-state index contributed by atoms with van der Waals surface area (Å²) in [4.78, 5) is 30.0. The Labute approximate surface area is 192 Å². The average molecular weight is 524 g/mol. The van der Waals surface area contributed by atoms with Crippen LogP contribution >= 0.6 is 24.8 Å². The van der Waals surface area contributed by atoms with Crippen LogP contribution in [-0.2, 0) is 30.8 Å². The molecule has 3 unspecified atom stereocenters. The predicted octanol–water partition coefficient (Wildman–Crippen LogP) is 3.25. The quantitative estimate of drug-likeness (QED) is 0.350. The van der Waals surface area contributed by atoms with E-state index in [0.29, 0.717) is 17.2 Å². The molecule has 9 nitrogen and oxygen atoms in total. The Balaban J connectivity index is 0.000000429. The normalized spacial score (nSPS) is 10.4. The first-order valence-electron chi connectivity index (χ1n) is 7.99. The molecule has 0 aliphatic carbocycles. The van der Waals surface area contributed by atoms with Gasteiger partial charge in [0.15, 0.2) is 17.2 Å². The Kier molecular flexibility index (Phi) is 16.2. The second-order valence-electron chi connectivity index (χ2n) is 4.88. The number of rotatable bonds is 6. The molecule has 0 saturated heterocycles. The van der Waals surface area contributed by atoms with Gasteiger partial charge in [-0.3, -0.25) is 13.6 Å². The van der Waals surface area contributed by atoms with Crippen LogP contribution in [0.3, 0.4) is 0 Å². The first-order valence-corrected chi connectivity index (χ1v) is 11.3. The molecular formula is C18H15FeO9P3+3. The van der Waals surface area contributed by atoms with Gasteiger partial charge < -0.3 is 14.7 Å². The first kappa shape index (κ1) is 28.8. The maximum atomic E-state index is 9.98. The Morgan fingerprint density at radius 2 is 0.645 bits per heavy atom. The summed E-state index contributed by atoms with van der Waals surface area (Å²) < 4.78 is 43.1. The van der Waals surface area contributed by atoms with E-state index in [1.165, 1.54) is 0 Å². The van der Waals surface area contributed by atoms with Crippen LogP contribution in [-0.4, -0.2) is 0 Å². The van der Waals surface area contributed by atoms with Crippen LogP contribution in [0.15, 0.2) is 91.0 Å². The number of hydrogen-bond donors (Lipinski definition) is 0. The zero-order valence-electron chi connectivity index (χ0n) is 15.5. The van der Waals surface area contributed by atoms with Crippen LogP contribution in [0.25, 0.3) is 0 Å². The fourth-order valence-corrected chi connectivity index (χ4v) is 2.58. The molecule has 161 valence electrons. The second kappa shape index (κ2) is 17.4. The van der Waals surface area contributed by atoms with E-state index in [1.54, 1.807) is 91.0 Å². The van der Waals surface area contributed by atoms with Gasteiger partial charge >= 0.3 is 41.8 Å². The zero-order chi connectivity index (χ0) is 22.2. The van der Waals surface area contributed by atoms with Gasteiger partial charge in [-0.2, -0.15) is 0 Å². The Bertz CT molecular complexity index is 794. The molecule has 1 radical (unpaired) electrons. The molecule has 0 N–H and O–H groups in total. The third-order valence-corrected chi connectivity index (χ3v) is 3.85. The van der Waals surface area contributed by atoms with E-state index in [1.807, 2.05) is 0 Å². The maximum Gasteiger partial charge on any atom is 3.00 e. The molecule has 0 bridgehead atoms. The van der Waals surface area contributed by atoms with Crippen molar-refractivity contribution in [2.75, 3.05) is 0 Å². The van der Waals surface area contributed by atoms with Gasteiger partial charge in [0.25, 0.3) is 0 Å². The monoisotopic (exact) mass is 524 g/mol. The zero-order valence-corrected chi connectivity index (χ0v) is 19.3. The van der Waals surface area contributed by atoms with E-state index < -0.39 is 24.8 Å². The summed E-state index contributed by atoms with van der Waals surface area (Å²) in [5, 5.41) is 0. The molecule has 0 aliphatic heterocycles. The van der Waals surface area contributed by atoms with Gasteiger partial charge in [-0.15, -0.1) is 0 Å². The molecule has 3 atom stereocenters. The molecule has 0 fully saturated rings. The molecule has 0 heterocycles. The van der Waals surface area contributed by atoms with Crippen LogP contribution < -0.4 is 28.3 Å². The van der Waals surface area contributed by atoms with Crippen LogP contribution in [0, 0.1) is 0 Å². The molecule has 3 rings (SSSR count). The van der Waals surface area contributed by atoms with Crippen LogP contribution in [0.4, 0.5) is 0 Å². The molecule has 0 aromatic heterocycles. The third-order valence-electron chi connectivity index (χ3n) is 2.77. The number of para-hydroxylation sites is 3. The number of hydrogen-bond acceptors (Lipinski definition) is 9. The van der Waals surface area contributed by atoms with Gasteiger partial charge in [0.2, 0.25) is 0 Å². The minimum Gasteiger partial charge on any atom is -0.558 e. The van der Waals surface area contributed by atoms with Crippen LogP contribution in [0.2, 0.25) is 0 Å². The molecule has 31 heavy (non-hydrogen) atoms. The fourth-order valence-electron chi connectivity index (χ4n) is 1.70. The summed E-state index contributed by atoms with van der Waals surface area (Å²) in [6.07, 6.45) is 0. The van der Waals surface area contributed by atoms with Crippen molar-refractivity contribution >= 4 is 24.8 Å². The summed E-state index contributed by atoms with van der Waals surface area (Å²) >= 11 is 0. The molecule has 3 aromatic carbocycles.